The lowest BCUT2D eigenvalue weighted by Crippen LogP contribution is -2.39. The predicted octanol–water partition coefficient (Wildman–Crippen LogP) is 6.13. The third-order valence-corrected chi connectivity index (χ3v) is 8.15. The largest absolute Gasteiger partial charge is 0.462 e. The van der Waals surface area contributed by atoms with Crippen molar-refractivity contribution in [1.29, 1.82) is 0 Å². The molecule has 1 saturated carbocycles. The van der Waals surface area contributed by atoms with Gasteiger partial charge in [0, 0.05) is 40.4 Å². The number of hydrogen-bond acceptors (Lipinski definition) is 6. The van der Waals surface area contributed by atoms with Crippen LogP contribution in [0, 0.1) is 5.92 Å². The van der Waals surface area contributed by atoms with E-state index in [1.165, 1.54) is 0 Å². The molecular weight excluding hydrogens is 478 g/mol. The minimum Gasteiger partial charge on any atom is -0.462 e. The van der Waals surface area contributed by atoms with Gasteiger partial charge < -0.3 is 14.2 Å². The van der Waals surface area contributed by atoms with Gasteiger partial charge >= 0.3 is 5.97 Å². The van der Waals surface area contributed by atoms with Gasteiger partial charge in [-0.05, 0) is 62.1 Å². The number of ketones is 1. The highest BCUT2D eigenvalue weighted by molar-refractivity contribution is 6.32. The molecule has 2 aliphatic heterocycles. The Bertz CT molecular complexity index is 1280. The van der Waals surface area contributed by atoms with Crippen LogP contribution >= 0.6 is 11.6 Å². The van der Waals surface area contributed by atoms with Gasteiger partial charge in [-0.2, -0.15) is 0 Å². The maximum Gasteiger partial charge on any atom is 0.315 e. The quantitative estimate of drug-likeness (QED) is 0.467. The average Bonchev–Trinajstić information content (AvgIpc) is 3.54. The number of carbonyl (C=O) groups is 2. The molecule has 0 aromatic heterocycles. The summed E-state index contributed by atoms with van der Waals surface area (Å²) in [5.41, 5.74) is 3.74. The summed E-state index contributed by atoms with van der Waals surface area (Å²) in [5.74, 6) is -0.487. The lowest BCUT2D eigenvalue weighted by Gasteiger charge is -2.37. The smallest absolute Gasteiger partial charge is 0.315 e. The number of ether oxygens (including phenoxy) is 3. The Morgan fingerprint density at radius 3 is 2.53 bits per heavy atom. The molecule has 0 radical (unpaired) electrons. The molecule has 2 aromatic rings. The fraction of sp³-hybridized carbons (Fsp3) is 0.414. The van der Waals surface area contributed by atoms with Crippen molar-refractivity contribution in [2.75, 3.05) is 6.79 Å². The summed E-state index contributed by atoms with van der Waals surface area (Å²) in [4.78, 5) is 32.3. The maximum absolute atomic E-state index is 13.8. The van der Waals surface area contributed by atoms with E-state index in [0.29, 0.717) is 46.2 Å². The molecule has 2 aliphatic carbocycles. The Balaban J connectivity index is 1.44. The first-order valence-corrected chi connectivity index (χ1v) is 13.0. The molecule has 0 N–H and O–H groups in total. The standard InChI is InChI=1S/C29H28ClNO5/c1-16-26(29(33)36-19-9-5-6-10-19)27(20-13-24-25(14-21(20)30)35-15-34-24)28-22(31-16)11-18(12-23(28)32)17-7-3-2-4-8-17/h2-4,7-8,13-14,18-19,26-27H,5-6,9-12,15H2,1H3/t18-,26?,27+/m1/s1. The predicted molar refractivity (Wildman–Crippen MR) is 136 cm³/mol. The zero-order valence-electron chi connectivity index (χ0n) is 20.2. The Labute approximate surface area is 215 Å². The number of aliphatic imine (C=N–C) groups is 1. The minimum absolute atomic E-state index is 0.00115. The molecule has 0 spiro atoms. The van der Waals surface area contributed by atoms with Gasteiger partial charge in [0.2, 0.25) is 6.79 Å². The van der Waals surface area contributed by atoms with E-state index in [1.54, 1.807) is 6.07 Å². The molecule has 1 fully saturated rings. The maximum atomic E-state index is 13.8. The number of Topliss-reactive ketones (excluding diaryl/α,β-unsaturated/α-hetero) is 1. The number of esters is 1. The molecule has 36 heavy (non-hydrogen) atoms. The number of hydrogen-bond donors (Lipinski definition) is 0. The Morgan fingerprint density at radius 2 is 1.78 bits per heavy atom. The molecule has 3 atom stereocenters. The molecule has 2 heterocycles. The summed E-state index contributed by atoms with van der Waals surface area (Å²) in [6.45, 7) is 1.97. The van der Waals surface area contributed by atoms with Crippen LogP contribution in [0.1, 0.15) is 68.4 Å². The van der Waals surface area contributed by atoms with Gasteiger partial charge in [-0.25, -0.2) is 0 Å². The van der Waals surface area contributed by atoms with E-state index in [-0.39, 0.29) is 30.6 Å². The van der Waals surface area contributed by atoms with Crippen molar-refractivity contribution in [2.45, 2.75) is 63.4 Å². The van der Waals surface area contributed by atoms with E-state index in [4.69, 9.17) is 30.8 Å². The van der Waals surface area contributed by atoms with Crippen LogP contribution in [0.4, 0.5) is 0 Å². The highest BCUT2D eigenvalue weighted by Gasteiger charge is 2.46. The third-order valence-electron chi connectivity index (χ3n) is 7.83. The number of allylic oxidation sites excluding steroid dienone is 2. The van der Waals surface area contributed by atoms with Crippen LogP contribution in [-0.4, -0.2) is 30.4 Å². The molecule has 1 unspecified atom stereocenters. The number of benzene rings is 2. The van der Waals surface area contributed by atoms with Crippen molar-refractivity contribution in [3.8, 4) is 11.5 Å². The Kier molecular flexibility index (Phi) is 6.08. The highest BCUT2D eigenvalue weighted by atomic mass is 35.5. The summed E-state index contributed by atoms with van der Waals surface area (Å²) >= 11 is 6.77. The van der Waals surface area contributed by atoms with E-state index in [0.717, 1.165) is 36.9 Å². The first-order valence-electron chi connectivity index (χ1n) is 12.7. The summed E-state index contributed by atoms with van der Waals surface area (Å²) in [5, 5.41) is 0.433. The van der Waals surface area contributed by atoms with Crippen LogP contribution < -0.4 is 9.47 Å². The number of halogens is 1. The van der Waals surface area contributed by atoms with Gasteiger partial charge in [0.1, 0.15) is 12.0 Å². The lowest BCUT2D eigenvalue weighted by molar-refractivity contribution is -0.151. The summed E-state index contributed by atoms with van der Waals surface area (Å²) in [6, 6.07) is 13.6. The van der Waals surface area contributed by atoms with Crippen LogP contribution in [0.2, 0.25) is 5.02 Å². The van der Waals surface area contributed by atoms with Gasteiger partial charge in [-0.15, -0.1) is 0 Å². The summed E-state index contributed by atoms with van der Waals surface area (Å²) in [7, 11) is 0. The highest BCUT2D eigenvalue weighted by Crippen LogP contribution is 2.50. The van der Waals surface area contributed by atoms with Crippen molar-refractivity contribution in [3.05, 3.63) is 69.9 Å². The van der Waals surface area contributed by atoms with Crippen LogP contribution in [0.5, 0.6) is 11.5 Å². The molecule has 7 heteroatoms. The first-order chi connectivity index (χ1) is 17.5. The van der Waals surface area contributed by atoms with Crippen molar-refractivity contribution in [1.82, 2.24) is 0 Å². The second-order valence-electron chi connectivity index (χ2n) is 10.1. The van der Waals surface area contributed by atoms with Crippen LogP contribution in [0.3, 0.4) is 0 Å². The Hall–Kier alpha value is -3.12. The van der Waals surface area contributed by atoms with E-state index in [9.17, 15) is 9.59 Å². The second-order valence-corrected chi connectivity index (χ2v) is 10.5. The minimum atomic E-state index is -0.723. The van der Waals surface area contributed by atoms with Crippen LogP contribution in [0.15, 0.2) is 58.7 Å². The molecule has 4 aliphatic rings. The van der Waals surface area contributed by atoms with Crippen molar-refractivity contribution < 1.29 is 23.8 Å². The SMILES string of the molecule is CC1=NC2=C(C(=O)C[C@H](c3ccccc3)C2)[C@@H](c2cc3c(cc2Cl)OCO3)C1C(=O)OC1CCCC1. The second kappa shape index (κ2) is 9.40. The molecule has 6 nitrogen and oxygen atoms in total. The van der Waals surface area contributed by atoms with Gasteiger partial charge in [0.05, 0.1) is 0 Å². The number of carbonyl (C=O) groups excluding carboxylic acids is 2. The third kappa shape index (κ3) is 4.11. The molecule has 186 valence electrons. The average molecular weight is 506 g/mol. The molecule has 0 amide bonds. The fourth-order valence-electron chi connectivity index (χ4n) is 6.08. The number of nitrogens with zero attached hydrogens (tertiary/aromatic N) is 1. The van der Waals surface area contributed by atoms with Gasteiger partial charge in [0.15, 0.2) is 17.3 Å². The van der Waals surface area contributed by atoms with Gasteiger partial charge in [0.25, 0.3) is 0 Å². The van der Waals surface area contributed by atoms with Crippen LogP contribution in [0.25, 0.3) is 0 Å². The van der Waals surface area contributed by atoms with E-state index < -0.39 is 11.8 Å². The molecule has 2 aromatic carbocycles. The fourth-order valence-corrected chi connectivity index (χ4v) is 6.35. The van der Waals surface area contributed by atoms with Crippen molar-refractivity contribution in [2.24, 2.45) is 10.9 Å². The van der Waals surface area contributed by atoms with E-state index >= 15 is 0 Å². The topological polar surface area (TPSA) is 74.2 Å². The van der Waals surface area contributed by atoms with E-state index in [1.807, 2.05) is 31.2 Å². The number of rotatable bonds is 4. The normalized spacial score (nSPS) is 25.6. The van der Waals surface area contributed by atoms with Gasteiger partial charge in [-0.3, -0.25) is 14.6 Å². The zero-order valence-corrected chi connectivity index (χ0v) is 20.9. The summed E-state index contributed by atoms with van der Waals surface area (Å²) in [6.07, 6.45) is 4.76. The van der Waals surface area contributed by atoms with E-state index in [2.05, 4.69) is 12.1 Å². The molecule has 0 bridgehead atoms. The summed E-state index contributed by atoms with van der Waals surface area (Å²) < 4.78 is 17.1. The molecule has 6 rings (SSSR count). The van der Waals surface area contributed by atoms with Crippen molar-refractivity contribution in [3.63, 3.8) is 0 Å². The van der Waals surface area contributed by atoms with Crippen LogP contribution in [-0.2, 0) is 14.3 Å². The first kappa shape index (κ1) is 23.3. The molecular formula is C29H28ClNO5. The number of fused-ring (bicyclic) bond motifs is 1. The lowest BCUT2D eigenvalue weighted by atomic mass is 9.69. The van der Waals surface area contributed by atoms with Gasteiger partial charge in [-0.1, -0.05) is 41.9 Å². The molecule has 0 saturated heterocycles. The Morgan fingerprint density at radius 1 is 1.06 bits per heavy atom. The van der Waals surface area contributed by atoms with Crippen molar-refractivity contribution >= 4 is 29.1 Å². The zero-order chi connectivity index (χ0) is 24.8. The monoisotopic (exact) mass is 505 g/mol.